The minimum atomic E-state index is -2.30. The van der Waals surface area contributed by atoms with E-state index < -0.39 is 78.4 Å². The van der Waals surface area contributed by atoms with Gasteiger partial charge >= 0.3 is 5.97 Å². The molecule has 12 nitrogen and oxygen atoms in total. The summed E-state index contributed by atoms with van der Waals surface area (Å²) in [6.45, 7) is 0.610. The molecule has 1 saturated carbocycles. The van der Waals surface area contributed by atoms with Crippen molar-refractivity contribution >= 4 is 5.97 Å². The highest BCUT2D eigenvalue weighted by Crippen LogP contribution is 2.52. The standard InChI is InChI=1S/C17H26O12/c1-16(24)3-8(19)17(25)6(13(23)26-2)5-27-15(12(16)17)29-14-11(22)10(21)9(20)7(4-18)28-14/h5,7-12,14-15,18-22,24-25H,3-4H2,1-2H3/t7-,8-,9-,10+,11-,12-,14+,15+,16+,17-/m1/s1. The molecule has 29 heavy (non-hydrogen) atoms. The van der Waals surface area contributed by atoms with Crippen molar-refractivity contribution in [1.82, 2.24) is 0 Å². The van der Waals surface area contributed by atoms with E-state index in [2.05, 4.69) is 4.74 Å². The van der Waals surface area contributed by atoms with E-state index >= 15 is 0 Å². The Kier molecular flexibility index (Phi) is 5.95. The zero-order valence-electron chi connectivity index (χ0n) is 15.8. The lowest BCUT2D eigenvalue weighted by Gasteiger charge is -2.46. The van der Waals surface area contributed by atoms with E-state index in [-0.39, 0.29) is 6.42 Å². The third-order valence-electron chi connectivity index (χ3n) is 5.80. The molecule has 10 atom stereocenters. The Bertz CT molecular complexity index is 663. The maximum Gasteiger partial charge on any atom is 0.339 e. The maximum absolute atomic E-state index is 12.1. The predicted molar refractivity (Wildman–Crippen MR) is 89.5 cm³/mol. The van der Waals surface area contributed by atoms with Gasteiger partial charge in [0.25, 0.3) is 0 Å². The van der Waals surface area contributed by atoms with Gasteiger partial charge in [0.05, 0.1) is 31.3 Å². The van der Waals surface area contributed by atoms with E-state index in [0.29, 0.717) is 0 Å². The molecule has 3 aliphatic rings. The first-order chi connectivity index (χ1) is 13.5. The van der Waals surface area contributed by atoms with Gasteiger partial charge in [-0.2, -0.15) is 0 Å². The van der Waals surface area contributed by atoms with Crippen molar-refractivity contribution in [2.24, 2.45) is 5.92 Å². The van der Waals surface area contributed by atoms with Gasteiger partial charge in [-0.25, -0.2) is 4.79 Å². The van der Waals surface area contributed by atoms with E-state index in [9.17, 15) is 40.5 Å². The van der Waals surface area contributed by atoms with Crippen LogP contribution < -0.4 is 0 Å². The Labute approximate surface area is 165 Å². The van der Waals surface area contributed by atoms with Crippen LogP contribution in [-0.2, 0) is 23.7 Å². The molecule has 7 N–H and O–H groups in total. The number of fused-ring (bicyclic) bond motifs is 1. The fourth-order valence-electron chi connectivity index (χ4n) is 4.26. The van der Waals surface area contributed by atoms with E-state index in [1.165, 1.54) is 6.92 Å². The van der Waals surface area contributed by atoms with Gasteiger partial charge in [-0.15, -0.1) is 0 Å². The summed E-state index contributed by atoms with van der Waals surface area (Å²) >= 11 is 0. The number of carbonyl (C=O) groups excluding carboxylic acids is 1. The van der Waals surface area contributed by atoms with Crippen LogP contribution in [0.5, 0.6) is 0 Å². The lowest BCUT2D eigenvalue weighted by atomic mass is 9.76. The molecule has 2 heterocycles. The maximum atomic E-state index is 12.1. The number of esters is 1. The third kappa shape index (κ3) is 3.44. The molecular formula is C17H26O12. The van der Waals surface area contributed by atoms with Gasteiger partial charge < -0.3 is 54.7 Å². The molecule has 0 bridgehead atoms. The minimum Gasteiger partial charge on any atom is -0.471 e. The molecule has 0 spiro atoms. The van der Waals surface area contributed by atoms with Crippen LogP contribution in [0.25, 0.3) is 0 Å². The minimum absolute atomic E-state index is 0.333. The second kappa shape index (κ2) is 7.72. The third-order valence-corrected chi connectivity index (χ3v) is 5.80. The summed E-state index contributed by atoms with van der Waals surface area (Å²) < 4.78 is 20.7. The summed E-state index contributed by atoms with van der Waals surface area (Å²) in [5.74, 6) is -2.41. The topological polar surface area (TPSA) is 196 Å². The SMILES string of the molecule is COC(=O)C1=CO[C@@H](O[C@@H]2O[C@H](CO)[C@@H](O)[C@H](O)[C@H]2O)[C@H]2[C@]1(O)[C@H](O)C[C@]2(C)O. The Morgan fingerprint density at radius 2 is 1.83 bits per heavy atom. The van der Waals surface area contributed by atoms with Gasteiger partial charge in [-0.05, 0) is 6.92 Å². The number of aliphatic hydroxyl groups excluding tert-OH is 5. The lowest BCUT2D eigenvalue weighted by Crippen LogP contribution is -2.63. The lowest BCUT2D eigenvalue weighted by molar-refractivity contribution is -0.352. The van der Waals surface area contributed by atoms with Gasteiger partial charge in [-0.3, -0.25) is 0 Å². The molecule has 0 unspecified atom stereocenters. The highest BCUT2D eigenvalue weighted by atomic mass is 16.8. The molecule has 1 saturated heterocycles. The number of aliphatic hydroxyl groups is 7. The van der Waals surface area contributed by atoms with Gasteiger partial charge in [0.2, 0.25) is 6.29 Å². The van der Waals surface area contributed by atoms with Gasteiger partial charge in [0.1, 0.15) is 41.9 Å². The molecular weight excluding hydrogens is 396 g/mol. The van der Waals surface area contributed by atoms with Crippen molar-refractivity contribution in [3.63, 3.8) is 0 Å². The number of carbonyl (C=O) groups is 1. The Morgan fingerprint density at radius 1 is 1.17 bits per heavy atom. The fraction of sp³-hybridized carbons (Fsp3) is 0.824. The van der Waals surface area contributed by atoms with Crippen molar-refractivity contribution in [2.45, 2.75) is 67.6 Å². The highest BCUT2D eigenvalue weighted by molar-refractivity contribution is 5.91. The summed E-state index contributed by atoms with van der Waals surface area (Å²) in [7, 11) is 1.07. The van der Waals surface area contributed by atoms with E-state index in [1.54, 1.807) is 0 Å². The predicted octanol–water partition coefficient (Wildman–Crippen LogP) is -3.92. The van der Waals surface area contributed by atoms with Crippen LogP contribution in [0.1, 0.15) is 13.3 Å². The Hall–Kier alpha value is -1.35. The monoisotopic (exact) mass is 422 g/mol. The van der Waals surface area contributed by atoms with Gasteiger partial charge in [0, 0.05) is 6.42 Å². The zero-order valence-corrected chi connectivity index (χ0v) is 15.8. The van der Waals surface area contributed by atoms with Crippen LogP contribution in [0.4, 0.5) is 0 Å². The summed E-state index contributed by atoms with van der Waals surface area (Å²) in [6, 6.07) is 0. The molecule has 0 aromatic carbocycles. The fourth-order valence-corrected chi connectivity index (χ4v) is 4.26. The molecule has 12 heteroatoms. The second-order valence-corrected chi connectivity index (χ2v) is 7.74. The van der Waals surface area contributed by atoms with Gasteiger partial charge in [0.15, 0.2) is 6.29 Å². The summed E-state index contributed by atoms with van der Waals surface area (Å²) in [5.41, 5.74) is -4.50. The molecule has 0 radical (unpaired) electrons. The number of ether oxygens (including phenoxy) is 4. The van der Waals surface area contributed by atoms with Crippen LogP contribution in [0.15, 0.2) is 11.8 Å². The number of rotatable bonds is 4. The summed E-state index contributed by atoms with van der Waals surface area (Å²) in [5, 5.41) is 71.5. The molecule has 3 rings (SSSR count). The summed E-state index contributed by atoms with van der Waals surface area (Å²) in [4.78, 5) is 12.1. The highest BCUT2D eigenvalue weighted by Gasteiger charge is 2.68. The van der Waals surface area contributed by atoms with Crippen molar-refractivity contribution in [1.29, 1.82) is 0 Å². The van der Waals surface area contributed by atoms with E-state index in [4.69, 9.17) is 14.2 Å². The first-order valence-corrected chi connectivity index (χ1v) is 9.02. The van der Waals surface area contributed by atoms with E-state index in [0.717, 1.165) is 13.4 Å². The first kappa shape index (κ1) is 22.3. The van der Waals surface area contributed by atoms with Crippen molar-refractivity contribution in [2.75, 3.05) is 13.7 Å². The number of hydrogen-bond acceptors (Lipinski definition) is 12. The van der Waals surface area contributed by atoms with Crippen LogP contribution in [0.3, 0.4) is 0 Å². The molecule has 1 aliphatic carbocycles. The van der Waals surface area contributed by atoms with Crippen molar-refractivity contribution in [3.8, 4) is 0 Å². The quantitative estimate of drug-likeness (QED) is 0.218. The molecule has 0 aromatic rings. The Balaban J connectivity index is 1.92. The van der Waals surface area contributed by atoms with Crippen LogP contribution in [-0.4, -0.2) is 110 Å². The van der Waals surface area contributed by atoms with Crippen molar-refractivity contribution in [3.05, 3.63) is 11.8 Å². The molecule has 2 aliphatic heterocycles. The van der Waals surface area contributed by atoms with Gasteiger partial charge in [-0.1, -0.05) is 0 Å². The summed E-state index contributed by atoms with van der Waals surface area (Å²) in [6.07, 6.45) is -10.6. The normalized spacial score (nSPS) is 49.8. The van der Waals surface area contributed by atoms with Crippen LogP contribution >= 0.6 is 0 Å². The molecule has 166 valence electrons. The average molecular weight is 422 g/mol. The second-order valence-electron chi connectivity index (χ2n) is 7.74. The first-order valence-electron chi connectivity index (χ1n) is 9.02. The molecule has 0 aromatic heterocycles. The number of hydrogen-bond donors (Lipinski definition) is 7. The van der Waals surface area contributed by atoms with Crippen molar-refractivity contribution < 1.29 is 59.5 Å². The molecule has 0 amide bonds. The largest absolute Gasteiger partial charge is 0.471 e. The Morgan fingerprint density at radius 3 is 2.41 bits per heavy atom. The smallest absolute Gasteiger partial charge is 0.339 e. The van der Waals surface area contributed by atoms with Crippen LogP contribution in [0, 0.1) is 5.92 Å². The number of methoxy groups -OCH3 is 1. The average Bonchev–Trinajstić information content (AvgIpc) is 2.86. The van der Waals surface area contributed by atoms with E-state index in [1.807, 2.05) is 0 Å². The molecule has 2 fully saturated rings. The zero-order chi connectivity index (χ0) is 21.7. The van der Waals surface area contributed by atoms with Crippen LogP contribution in [0.2, 0.25) is 0 Å².